The molecule has 1 fully saturated rings. The molecule has 0 N–H and O–H groups in total. The zero-order valence-electron chi connectivity index (χ0n) is 19.2. The van der Waals surface area contributed by atoms with Gasteiger partial charge in [0.05, 0.1) is 17.7 Å². The molecule has 3 aromatic carbocycles. The van der Waals surface area contributed by atoms with Crippen LogP contribution >= 0.6 is 11.6 Å². The number of fused-ring (bicyclic) bond motifs is 1. The van der Waals surface area contributed by atoms with Crippen LogP contribution in [-0.2, 0) is 17.9 Å². The van der Waals surface area contributed by atoms with E-state index in [2.05, 4.69) is 6.92 Å². The van der Waals surface area contributed by atoms with Gasteiger partial charge in [-0.05, 0) is 84.3 Å². The Kier molecular flexibility index (Phi) is 6.05. The lowest BCUT2D eigenvalue weighted by molar-refractivity contribution is 0.0600. The van der Waals surface area contributed by atoms with Crippen LogP contribution in [0, 0.1) is 5.92 Å². The van der Waals surface area contributed by atoms with E-state index < -0.39 is 5.97 Å². The largest absolute Gasteiger partial charge is 0.489 e. The van der Waals surface area contributed by atoms with E-state index in [0.717, 1.165) is 33.6 Å². The van der Waals surface area contributed by atoms with Gasteiger partial charge in [-0.3, -0.25) is 4.79 Å². The second-order valence-electron chi connectivity index (χ2n) is 9.01. The van der Waals surface area contributed by atoms with Crippen LogP contribution in [-0.4, -0.2) is 29.9 Å². The average Bonchev–Trinajstić information content (AvgIpc) is 3.66. The van der Waals surface area contributed by atoms with Gasteiger partial charge in [0.25, 0.3) is 5.91 Å². The molecule has 5 nitrogen and oxygen atoms in total. The maximum Gasteiger partial charge on any atom is 0.339 e. The maximum absolute atomic E-state index is 12.8. The molecular weight excluding hydrogens is 450 g/mol. The van der Waals surface area contributed by atoms with Crippen molar-refractivity contribution in [1.82, 2.24) is 4.90 Å². The molecule has 0 unspecified atom stereocenters. The molecule has 6 heteroatoms. The first-order valence-corrected chi connectivity index (χ1v) is 11.9. The number of nitrogens with zero attached hydrogens (tertiary/aromatic N) is 1. The van der Waals surface area contributed by atoms with Gasteiger partial charge in [0.15, 0.2) is 0 Å². The Hall–Kier alpha value is -3.31. The molecule has 5 rings (SSSR count). The molecule has 34 heavy (non-hydrogen) atoms. The van der Waals surface area contributed by atoms with E-state index in [9.17, 15) is 9.59 Å². The van der Waals surface area contributed by atoms with Crippen LogP contribution in [0.3, 0.4) is 0 Å². The summed E-state index contributed by atoms with van der Waals surface area (Å²) in [5.74, 6) is 1.05. The van der Waals surface area contributed by atoms with Gasteiger partial charge in [-0.1, -0.05) is 35.9 Å². The molecule has 3 aromatic rings. The molecule has 1 aliphatic carbocycles. The lowest BCUT2D eigenvalue weighted by Crippen LogP contribution is -2.34. The van der Waals surface area contributed by atoms with E-state index in [1.807, 2.05) is 53.4 Å². The molecule has 1 saturated carbocycles. The van der Waals surface area contributed by atoms with Crippen molar-refractivity contribution < 1.29 is 19.1 Å². The summed E-state index contributed by atoms with van der Waals surface area (Å²) in [6, 6.07) is 19.3. The fraction of sp³-hybridized carbons (Fsp3) is 0.286. The fourth-order valence-corrected chi connectivity index (χ4v) is 4.74. The van der Waals surface area contributed by atoms with Crippen molar-refractivity contribution in [3.8, 4) is 16.9 Å². The predicted molar refractivity (Wildman–Crippen MR) is 131 cm³/mol. The van der Waals surface area contributed by atoms with E-state index in [0.29, 0.717) is 35.7 Å². The number of benzene rings is 3. The smallest absolute Gasteiger partial charge is 0.339 e. The van der Waals surface area contributed by atoms with Crippen molar-refractivity contribution in [2.24, 2.45) is 5.92 Å². The summed E-state index contributed by atoms with van der Waals surface area (Å²) in [5.41, 5.74) is 4.96. The lowest BCUT2D eigenvalue weighted by Gasteiger charge is -2.23. The van der Waals surface area contributed by atoms with Crippen LogP contribution < -0.4 is 4.74 Å². The average molecular weight is 476 g/mol. The van der Waals surface area contributed by atoms with Gasteiger partial charge < -0.3 is 14.4 Å². The Bertz CT molecular complexity index is 1270. The Morgan fingerprint density at radius 2 is 1.88 bits per heavy atom. The molecule has 1 amide bonds. The highest BCUT2D eigenvalue weighted by atomic mass is 35.5. The van der Waals surface area contributed by atoms with E-state index in [1.54, 1.807) is 12.1 Å². The third-order valence-electron chi connectivity index (χ3n) is 6.74. The summed E-state index contributed by atoms with van der Waals surface area (Å²) in [7, 11) is 1.34. The number of rotatable bonds is 7. The molecule has 1 atom stereocenters. The van der Waals surface area contributed by atoms with Gasteiger partial charge in [-0.15, -0.1) is 0 Å². The van der Waals surface area contributed by atoms with E-state index in [-0.39, 0.29) is 5.91 Å². The van der Waals surface area contributed by atoms with Gasteiger partial charge in [0.1, 0.15) is 12.4 Å². The maximum atomic E-state index is 12.8. The molecule has 174 valence electrons. The number of carbonyl (C=O) groups excluding carboxylic acids is 2. The van der Waals surface area contributed by atoms with Crippen LogP contribution in [0.4, 0.5) is 0 Å². The summed E-state index contributed by atoms with van der Waals surface area (Å²) in [6.45, 7) is 3.19. The van der Waals surface area contributed by atoms with Gasteiger partial charge in [0, 0.05) is 18.2 Å². The fourth-order valence-electron chi connectivity index (χ4n) is 4.55. The van der Waals surface area contributed by atoms with Gasteiger partial charge in [-0.25, -0.2) is 4.79 Å². The highest BCUT2D eigenvalue weighted by Gasteiger charge is 2.38. The van der Waals surface area contributed by atoms with Crippen LogP contribution in [0.2, 0.25) is 5.02 Å². The lowest BCUT2D eigenvalue weighted by atomic mass is 10.0. The number of methoxy groups -OCH3 is 1. The van der Waals surface area contributed by atoms with Crippen molar-refractivity contribution >= 4 is 23.5 Å². The van der Waals surface area contributed by atoms with Crippen LogP contribution in [0.5, 0.6) is 5.75 Å². The van der Waals surface area contributed by atoms with Gasteiger partial charge in [-0.2, -0.15) is 0 Å². The number of esters is 1. The normalized spacial score (nSPS) is 15.7. The zero-order chi connectivity index (χ0) is 23.8. The summed E-state index contributed by atoms with van der Waals surface area (Å²) >= 11 is 6.16. The van der Waals surface area contributed by atoms with Crippen LogP contribution in [0.1, 0.15) is 51.6 Å². The molecule has 0 aromatic heterocycles. The molecule has 0 saturated heterocycles. The first-order chi connectivity index (χ1) is 16.4. The second kappa shape index (κ2) is 9.15. The number of hydrogen-bond acceptors (Lipinski definition) is 4. The third-order valence-corrected chi connectivity index (χ3v) is 7.07. The monoisotopic (exact) mass is 475 g/mol. The minimum atomic E-state index is -0.466. The molecule has 1 aliphatic heterocycles. The number of hydrogen-bond donors (Lipinski definition) is 0. The van der Waals surface area contributed by atoms with Crippen molar-refractivity contribution in [2.75, 3.05) is 7.11 Å². The van der Waals surface area contributed by atoms with E-state index in [1.165, 1.54) is 20.0 Å². The number of amides is 1. The molecule has 0 spiro atoms. The highest BCUT2D eigenvalue weighted by Crippen LogP contribution is 2.39. The predicted octanol–water partition coefficient (Wildman–Crippen LogP) is 6.13. The Labute approximate surface area is 204 Å². The van der Waals surface area contributed by atoms with Gasteiger partial charge >= 0.3 is 5.97 Å². The van der Waals surface area contributed by atoms with E-state index in [4.69, 9.17) is 21.1 Å². The summed E-state index contributed by atoms with van der Waals surface area (Å²) in [4.78, 5) is 26.8. The summed E-state index contributed by atoms with van der Waals surface area (Å²) in [5, 5.41) is 0.357. The summed E-state index contributed by atoms with van der Waals surface area (Å²) in [6.07, 6.45) is 2.43. The molecular formula is C28H26ClNO4. The molecule has 2 aliphatic rings. The van der Waals surface area contributed by atoms with Crippen molar-refractivity contribution in [3.05, 3.63) is 87.9 Å². The van der Waals surface area contributed by atoms with Crippen molar-refractivity contribution in [1.29, 1.82) is 0 Å². The highest BCUT2D eigenvalue weighted by molar-refractivity contribution is 6.33. The minimum absolute atomic E-state index is 0.128. The Morgan fingerprint density at radius 1 is 1.09 bits per heavy atom. The Balaban J connectivity index is 1.29. The molecule has 0 bridgehead atoms. The number of halogens is 1. The third kappa shape index (κ3) is 4.40. The standard InChI is InChI=1S/C28H26ClNO4/c1-17(19-6-7-19)30-15-22-13-23(9-10-24(22)27(30)31)34-16-18-4-3-5-20(12-18)21-8-11-26(29)25(14-21)28(32)33-2/h3-5,8-14,17,19H,6-7,15-16H2,1-2H3/t17-/m0/s1. The Morgan fingerprint density at radius 3 is 2.65 bits per heavy atom. The number of ether oxygens (including phenoxy) is 2. The first kappa shape index (κ1) is 22.5. The molecule has 1 heterocycles. The van der Waals surface area contributed by atoms with E-state index >= 15 is 0 Å². The van der Waals surface area contributed by atoms with Gasteiger partial charge in [0.2, 0.25) is 0 Å². The SMILES string of the molecule is COC(=O)c1cc(-c2cccc(COc3ccc4c(c3)CN([C@@H](C)C3CC3)C4=O)c2)ccc1Cl. The van der Waals surface area contributed by atoms with Crippen molar-refractivity contribution in [2.45, 2.75) is 39.0 Å². The van der Waals surface area contributed by atoms with Crippen LogP contribution in [0.25, 0.3) is 11.1 Å². The zero-order valence-corrected chi connectivity index (χ0v) is 20.0. The minimum Gasteiger partial charge on any atom is -0.489 e. The van der Waals surface area contributed by atoms with Crippen LogP contribution in [0.15, 0.2) is 60.7 Å². The topological polar surface area (TPSA) is 55.8 Å². The number of carbonyl (C=O) groups is 2. The molecule has 0 radical (unpaired) electrons. The van der Waals surface area contributed by atoms with Crippen molar-refractivity contribution in [3.63, 3.8) is 0 Å². The second-order valence-corrected chi connectivity index (χ2v) is 9.41. The quantitative estimate of drug-likeness (QED) is 0.386. The first-order valence-electron chi connectivity index (χ1n) is 11.5. The summed E-state index contributed by atoms with van der Waals surface area (Å²) < 4.78 is 10.9.